The molecule has 200 valence electrons. The molecule has 5 heteroatoms. The second kappa shape index (κ2) is 20.1. The average Bonchev–Trinajstić information content (AvgIpc) is 2.80. The summed E-state index contributed by atoms with van der Waals surface area (Å²) in [7, 11) is 4.03. The number of esters is 2. The van der Waals surface area contributed by atoms with Crippen LogP contribution in [-0.2, 0) is 19.1 Å². The molecule has 0 aromatic carbocycles. The highest BCUT2D eigenvalue weighted by Gasteiger charge is 2.25. The van der Waals surface area contributed by atoms with Crippen molar-refractivity contribution in [2.75, 3.05) is 33.9 Å². The molecule has 0 heterocycles. The molecule has 0 aliphatic heterocycles. The van der Waals surface area contributed by atoms with Gasteiger partial charge in [-0.05, 0) is 65.6 Å². The fourth-order valence-electron chi connectivity index (χ4n) is 4.28. The molecule has 0 spiro atoms. The number of nitrogens with zero attached hydrogens (tertiary/aromatic N) is 1. The van der Waals surface area contributed by atoms with Crippen LogP contribution in [-0.4, -0.2) is 50.7 Å². The van der Waals surface area contributed by atoms with Crippen molar-refractivity contribution in [1.29, 1.82) is 0 Å². The number of carbonyl (C=O) groups excluding carboxylic acids is 2. The first-order valence-corrected chi connectivity index (χ1v) is 13.8. The Morgan fingerprint density at radius 2 is 1.15 bits per heavy atom. The Balaban J connectivity index is 4.48. The largest absolute Gasteiger partial charge is 0.465 e. The summed E-state index contributed by atoms with van der Waals surface area (Å²) in [5.41, 5.74) is -0.874. The summed E-state index contributed by atoms with van der Waals surface area (Å²) in [5, 5.41) is 0. The van der Waals surface area contributed by atoms with Crippen LogP contribution in [0, 0.1) is 31.1 Å². The minimum Gasteiger partial charge on any atom is -0.465 e. The molecular weight excluding hydrogens is 426 g/mol. The van der Waals surface area contributed by atoms with E-state index < -0.39 is 5.41 Å². The molecule has 0 saturated heterocycles. The van der Waals surface area contributed by atoms with Gasteiger partial charge in [0, 0.05) is 18.3 Å². The first-order valence-electron chi connectivity index (χ1n) is 13.8. The highest BCUT2D eigenvalue weighted by atomic mass is 16.5. The van der Waals surface area contributed by atoms with Crippen molar-refractivity contribution in [3.8, 4) is 0 Å². The maximum absolute atomic E-state index is 12.5. The van der Waals surface area contributed by atoms with Gasteiger partial charge in [-0.1, -0.05) is 78.6 Å². The Hall–Kier alpha value is -1.10. The molecule has 0 N–H and O–H groups in total. The van der Waals surface area contributed by atoms with E-state index in [1.54, 1.807) is 0 Å². The van der Waals surface area contributed by atoms with E-state index in [9.17, 15) is 9.59 Å². The molecule has 2 radical (unpaired) electrons. The van der Waals surface area contributed by atoms with Crippen molar-refractivity contribution >= 4 is 11.9 Å². The van der Waals surface area contributed by atoms with Crippen LogP contribution in [0.25, 0.3) is 0 Å². The lowest BCUT2D eigenvalue weighted by Gasteiger charge is -2.28. The first-order chi connectivity index (χ1) is 16.1. The van der Waals surface area contributed by atoms with Crippen LogP contribution in [0.4, 0.5) is 0 Å². The van der Waals surface area contributed by atoms with Crippen LogP contribution in [0.5, 0.6) is 0 Å². The summed E-state index contributed by atoms with van der Waals surface area (Å²) in [6.07, 6.45) is 14.6. The molecule has 0 aliphatic rings. The molecule has 0 bridgehead atoms. The van der Waals surface area contributed by atoms with Gasteiger partial charge in [-0.2, -0.15) is 0 Å². The number of carbonyl (C=O) groups is 2. The Morgan fingerprint density at radius 3 is 1.59 bits per heavy atom. The normalized spacial score (nSPS) is 12.9. The van der Waals surface area contributed by atoms with Gasteiger partial charge in [0.25, 0.3) is 0 Å². The van der Waals surface area contributed by atoms with Gasteiger partial charge < -0.3 is 14.4 Å². The number of unbranched alkanes of at least 4 members (excludes halogenated alkanes) is 4. The van der Waals surface area contributed by atoms with E-state index in [2.05, 4.69) is 39.5 Å². The van der Waals surface area contributed by atoms with Gasteiger partial charge in [0.15, 0.2) is 0 Å². The van der Waals surface area contributed by atoms with Crippen LogP contribution in [0.15, 0.2) is 0 Å². The van der Waals surface area contributed by atoms with Crippen molar-refractivity contribution < 1.29 is 19.1 Å². The summed E-state index contributed by atoms with van der Waals surface area (Å²) in [6.45, 7) is 15.8. The lowest BCUT2D eigenvalue weighted by atomic mass is 9.79. The van der Waals surface area contributed by atoms with Crippen LogP contribution < -0.4 is 0 Å². The third-order valence-corrected chi connectivity index (χ3v) is 6.49. The molecule has 34 heavy (non-hydrogen) atoms. The molecule has 1 atom stereocenters. The summed E-state index contributed by atoms with van der Waals surface area (Å²) < 4.78 is 10.8. The zero-order valence-electron chi connectivity index (χ0n) is 23.2. The van der Waals surface area contributed by atoms with E-state index in [-0.39, 0.29) is 25.2 Å². The van der Waals surface area contributed by atoms with E-state index in [1.807, 2.05) is 14.1 Å². The second-order valence-corrected chi connectivity index (χ2v) is 10.6. The third-order valence-electron chi connectivity index (χ3n) is 6.49. The summed E-state index contributed by atoms with van der Waals surface area (Å²) >= 11 is 0. The quantitative estimate of drug-likeness (QED) is 0.123. The topological polar surface area (TPSA) is 55.8 Å². The summed E-state index contributed by atoms with van der Waals surface area (Å²) in [5.74, 6) is 0.850. The Morgan fingerprint density at radius 1 is 0.706 bits per heavy atom. The van der Waals surface area contributed by atoms with Gasteiger partial charge in [0.2, 0.25) is 0 Å². The zero-order valence-corrected chi connectivity index (χ0v) is 23.2. The van der Waals surface area contributed by atoms with Crippen LogP contribution in [0.2, 0.25) is 0 Å². The van der Waals surface area contributed by atoms with Gasteiger partial charge in [-0.25, -0.2) is 0 Å². The smallest absolute Gasteiger partial charge is 0.305 e. The van der Waals surface area contributed by atoms with Crippen molar-refractivity contribution in [3.63, 3.8) is 0 Å². The number of rotatable bonds is 22. The van der Waals surface area contributed by atoms with Crippen molar-refractivity contribution in [2.24, 2.45) is 17.3 Å². The van der Waals surface area contributed by atoms with Crippen LogP contribution >= 0.6 is 0 Å². The molecule has 0 amide bonds. The average molecular weight is 482 g/mol. The molecule has 0 fully saturated rings. The molecule has 1 unspecified atom stereocenters. The number of hydrogen-bond acceptors (Lipinski definition) is 5. The highest BCUT2D eigenvalue weighted by molar-refractivity contribution is 5.70. The lowest BCUT2D eigenvalue weighted by Crippen LogP contribution is -2.29. The Bertz CT molecular complexity index is 510. The SMILES string of the molecule is [CH2]C([CH2])(COC(=O)CCCCN(C)C)COC(=O)CCC(CCCC)C(CCCC)CCCC. The fourth-order valence-corrected chi connectivity index (χ4v) is 4.28. The van der Waals surface area contributed by atoms with Crippen molar-refractivity contribution in [3.05, 3.63) is 13.8 Å². The summed E-state index contributed by atoms with van der Waals surface area (Å²) in [6, 6.07) is 0. The third kappa shape index (κ3) is 18.3. The summed E-state index contributed by atoms with van der Waals surface area (Å²) in [4.78, 5) is 26.5. The second-order valence-electron chi connectivity index (χ2n) is 10.6. The van der Waals surface area contributed by atoms with Gasteiger partial charge in [-0.15, -0.1) is 0 Å². The fraction of sp³-hybridized carbons (Fsp3) is 0.862. The van der Waals surface area contributed by atoms with E-state index in [4.69, 9.17) is 9.47 Å². The van der Waals surface area contributed by atoms with Crippen molar-refractivity contribution in [1.82, 2.24) is 4.90 Å². The number of hydrogen-bond donors (Lipinski definition) is 0. The maximum Gasteiger partial charge on any atom is 0.305 e. The lowest BCUT2D eigenvalue weighted by molar-refractivity contribution is -0.150. The molecule has 0 rings (SSSR count). The molecule has 0 aromatic rings. The first kappa shape index (κ1) is 32.9. The monoisotopic (exact) mass is 481 g/mol. The molecular formula is C29H55NO4. The minimum atomic E-state index is -0.874. The predicted molar refractivity (Wildman–Crippen MR) is 142 cm³/mol. The van der Waals surface area contributed by atoms with E-state index >= 15 is 0 Å². The van der Waals surface area contributed by atoms with Gasteiger partial charge in [0.1, 0.15) is 13.2 Å². The molecule has 0 aromatic heterocycles. The molecule has 0 aliphatic carbocycles. The zero-order chi connectivity index (χ0) is 25.8. The van der Waals surface area contributed by atoms with Crippen LogP contribution in [0.1, 0.15) is 111 Å². The van der Waals surface area contributed by atoms with Crippen molar-refractivity contribution in [2.45, 2.75) is 111 Å². The maximum atomic E-state index is 12.5. The van der Waals surface area contributed by atoms with Gasteiger partial charge in [-0.3, -0.25) is 9.59 Å². The molecule has 0 saturated carbocycles. The van der Waals surface area contributed by atoms with E-state index in [1.165, 1.54) is 57.8 Å². The minimum absolute atomic E-state index is 0.0576. The van der Waals surface area contributed by atoms with E-state index in [0.717, 1.165) is 25.8 Å². The van der Waals surface area contributed by atoms with E-state index in [0.29, 0.717) is 24.7 Å². The standard InChI is InChI=1S/C29H55NO4/c1-8-11-16-25(17-12-9-2)26(18-13-10-3)20-21-28(32)34-24-29(4,5)23-33-27(31)19-14-15-22-30(6)7/h25-26H,4-5,8-24H2,1-3,6-7H3. The Kier molecular flexibility index (Phi) is 19.5. The predicted octanol–water partition coefficient (Wildman–Crippen LogP) is 7.04. The Labute approximate surface area is 211 Å². The van der Waals surface area contributed by atoms with Crippen LogP contribution in [0.3, 0.4) is 0 Å². The number of ether oxygens (including phenoxy) is 2. The van der Waals surface area contributed by atoms with Gasteiger partial charge in [0.05, 0.1) is 0 Å². The molecule has 5 nitrogen and oxygen atoms in total. The van der Waals surface area contributed by atoms with Gasteiger partial charge >= 0.3 is 11.9 Å². The highest BCUT2D eigenvalue weighted by Crippen LogP contribution is 2.32.